The molecule has 0 saturated carbocycles. The van der Waals surface area contributed by atoms with Gasteiger partial charge in [0, 0.05) is 0 Å². The number of benzene rings is 1. The van der Waals surface area contributed by atoms with Crippen LogP contribution in [0.25, 0.3) is 0 Å². The molecule has 0 heterocycles. The molecular weight excluding hydrogens is 376 g/mol. The van der Waals surface area contributed by atoms with Crippen molar-refractivity contribution in [1.82, 2.24) is 0 Å². The normalized spacial score (nSPS) is 11.1. The van der Waals surface area contributed by atoms with Gasteiger partial charge in [0.25, 0.3) is 0 Å². The fourth-order valence-corrected chi connectivity index (χ4v) is 4.02. The number of hydrogen-bond acceptors (Lipinski definition) is 3. The molecule has 1 aromatic rings. The van der Waals surface area contributed by atoms with Crippen LogP contribution in [0.2, 0.25) is 5.02 Å². The highest BCUT2D eigenvalue weighted by Crippen LogP contribution is 2.43. The Morgan fingerprint density at radius 3 is 1.61 bits per heavy atom. The summed E-state index contributed by atoms with van der Waals surface area (Å²) >= 11 is 6.32. The Balaban J connectivity index is 2.92. The molecule has 5 heteroatoms. The molecule has 0 amide bonds. The van der Waals surface area contributed by atoms with E-state index in [-0.39, 0.29) is 10.6 Å². The van der Waals surface area contributed by atoms with E-state index in [4.69, 9.17) is 11.6 Å². The lowest BCUT2D eigenvalue weighted by Crippen LogP contribution is -2.08. The molecule has 0 bridgehead atoms. The average molecular weight is 413 g/mol. The number of aromatic carboxylic acids is 1. The summed E-state index contributed by atoms with van der Waals surface area (Å²) in [4.78, 5) is 11.8. The monoisotopic (exact) mass is 412 g/mol. The van der Waals surface area contributed by atoms with Crippen LogP contribution in [-0.2, 0) is 12.8 Å². The SMILES string of the molecule is CCCCCCCCc1c(Cl)c(O)c(O)c(C(=O)O)c1CCCCCCCC. The topological polar surface area (TPSA) is 77.8 Å². The van der Waals surface area contributed by atoms with Gasteiger partial charge in [-0.25, -0.2) is 4.79 Å². The van der Waals surface area contributed by atoms with Crippen LogP contribution in [0.1, 0.15) is 112 Å². The minimum absolute atomic E-state index is 0.108. The van der Waals surface area contributed by atoms with E-state index in [0.717, 1.165) is 38.5 Å². The molecule has 0 radical (unpaired) electrons. The fraction of sp³-hybridized carbons (Fsp3) is 0.696. The third-order valence-electron chi connectivity index (χ3n) is 5.37. The van der Waals surface area contributed by atoms with E-state index in [2.05, 4.69) is 13.8 Å². The van der Waals surface area contributed by atoms with Crippen molar-refractivity contribution in [3.63, 3.8) is 0 Å². The summed E-state index contributed by atoms with van der Waals surface area (Å²) in [7, 11) is 0. The molecule has 4 nitrogen and oxygen atoms in total. The zero-order chi connectivity index (χ0) is 20.9. The van der Waals surface area contributed by atoms with Crippen molar-refractivity contribution in [1.29, 1.82) is 0 Å². The minimum Gasteiger partial charge on any atom is -0.504 e. The third kappa shape index (κ3) is 7.54. The van der Waals surface area contributed by atoms with Crippen LogP contribution in [0.5, 0.6) is 11.5 Å². The van der Waals surface area contributed by atoms with Crippen molar-refractivity contribution < 1.29 is 20.1 Å². The Morgan fingerprint density at radius 1 is 0.714 bits per heavy atom. The van der Waals surface area contributed by atoms with Gasteiger partial charge in [0.05, 0.1) is 5.02 Å². The number of carboxylic acids is 1. The van der Waals surface area contributed by atoms with Gasteiger partial charge in [-0.05, 0) is 36.8 Å². The predicted molar refractivity (Wildman–Crippen MR) is 116 cm³/mol. The van der Waals surface area contributed by atoms with Gasteiger partial charge >= 0.3 is 5.97 Å². The molecule has 160 valence electrons. The van der Waals surface area contributed by atoms with Gasteiger partial charge in [-0.2, -0.15) is 0 Å². The van der Waals surface area contributed by atoms with Gasteiger partial charge in [0.2, 0.25) is 0 Å². The van der Waals surface area contributed by atoms with Crippen molar-refractivity contribution in [3.05, 3.63) is 21.7 Å². The summed E-state index contributed by atoms with van der Waals surface area (Å²) in [5.41, 5.74) is 1.10. The van der Waals surface area contributed by atoms with E-state index < -0.39 is 17.5 Å². The molecule has 0 aromatic heterocycles. The molecule has 28 heavy (non-hydrogen) atoms. The Morgan fingerprint density at radius 2 is 1.14 bits per heavy atom. The number of rotatable bonds is 15. The molecule has 0 unspecified atom stereocenters. The van der Waals surface area contributed by atoms with Crippen LogP contribution >= 0.6 is 11.6 Å². The Bertz CT molecular complexity index is 613. The standard InChI is InChI=1S/C23H37ClO4/c1-3-5-7-9-11-13-15-17-18(16-14-12-10-8-6-4-2)20(24)22(26)21(25)19(17)23(27)28/h25-26H,3-16H2,1-2H3,(H,27,28). The number of unbranched alkanes of at least 4 members (excludes halogenated alkanes) is 10. The van der Waals surface area contributed by atoms with Crippen LogP contribution in [0.4, 0.5) is 0 Å². The largest absolute Gasteiger partial charge is 0.504 e. The number of phenols is 2. The van der Waals surface area contributed by atoms with Gasteiger partial charge in [0.15, 0.2) is 11.5 Å². The Kier molecular flexibility index (Phi) is 12.1. The summed E-state index contributed by atoms with van der Waals surface area (Å²) in [5, 5.41) is 30.0. The molecule has 0 saturated heterocycles. The van der Waals surface area contributed by atoms with Gasteiger partial charge < -0.3 is 15.3 Å². The molecule has 0 aliphatic carbocycles. The van der Waals surface area contributed by atoms with Crippen LogP contribution in [0, 0.1) is 0 Å². The highest BCUT2D eigenvalue weighted by molar-refractivity contribution is 6.33. The summed E-state index contributed by atoms with van der Waals surface area (Å²) in [5.74, 6) is -2.33. The van der Waals surface area contributed by atoms with Gasteiger partial charge in [0.1, 0.15) is 5.56 Å². The summed E-state index contributed by atoms with van der Waals surface area (Å²) in [6.07, 6.45) is 14.5. The quantitative estimate of drug-likeness (QED) is 0.209. The molecule has 0 fully saturated rings. The average Bonchev–Trinajstić information content (AvgIpc) is 2.67. The minimum atomic E-state index is -1.21. The second-order valence-corrected chi connectivity index (χ2v) is 8.06. The number of carbonyl (C=O) groups is 1. The van der Waals surface area contributed by atoms with Gasteiger partial charge in [-0.15, -0.1) is 0 Å². The first-order valence-corrected chi connectivity index (χ1v) is 11.3. The number of hydrogen-bond donors (Lipinski definition) is 3. The summed E-state index contributed by atoms with van der Waals surface area (Å²) in [6, 6.07) is 0. The molecule has 3 N–H and O–H groups in total. The molecule has 0 aliphatic heterocycles. The van der Waals surface area contributed by atoms with Gasteiger partial charge in [-0.3, -0.25) is 0 Å². The molecule has 1 rings (SSSR count). The number of carboxylic acid groups (broad SMARTS) is 1. The van der Waals surface area contributed by atoms with E-state index in [0.29, 0.717) is 24.0 Å². The second-order valence-electron chi connectivity index (χ2n) is 7.68. The van der Waals surface area contributed by atoms with E-state index in [1.165, 1.54) is 38.5 Å². The number of aromatic hydroxyl groups is 2. The van der Waals surface area contributed by atoms with Crippen LogP contribution in [-0.4, -0.2) is 21.3 Å². The summed E-state index contributed by atoms with van der Waals surface area (Å²) in [6.45, 7) is 4.36. The van der Waals surface area contributed by atoms with E-state index >= 15 is 0 Å². The van der Waals surface area contributed by atoms with Crippen LogP contribution in [0.15, 0.2) is 0 Å². The van der Waals surface area contributed by atoms with Crippen molar-refractivity contribution in [2.45, 2.75) is 104 Å². The molecule has 0 aliphatic rings. The fourth-order valence-electron chi connectivity index (χ4n) is 3.72. The molecule has 1 aromatic carbocycles. The molecule has 0 spiro atoms. The number of halogens is 1. The molecular formula is C23H37ClO4. The zero-order valence-electron chi connectivity index (χ0n) is 17.5. The summed E-state index contributed by atoms with van der Waals surface area (Å²) < 4.78 is 0. The Labute approximate surface area is 174 Å². The van der Waals surface area contributed by atoms with E-state index in [1.54, 1.807) is 0 Å². The van der Waals surface area contributed by atoms with Crippen molar-refractivity contribution in [3.8, 4) is 11.5 Å². The smallest absolute Gasteiger partial charge is 0.339 e. The van der Waals surface area contributed by atoms with Crippen LogP contribution in [0.3, 0.4) is 0 Å². The maximum atomic E-state index is 11.8. The first-order valence-electron chi connectivity index (χ1n) is 10.9. The lowest BCUT2D eigenvalue weighted by Gasteiger charge is -2.18. The van der Waals surface area contributed by atoms with Crippen molar-refractivity contribution in [2.75, 3.05) is 0 Å². The van der Waals surface area contributed by atoms with Gasteiger partial charge in [-0.1, -0.05) is 89.7 Å². The highest BCUT2D eigenvalue weighted by atomic mass is 35.5. The predicted octanol–water partition coefficient (Wildman–Crippen LogP) is 7.26. The first kappa shape index (κ1) is 24.6. The maximum Gasteiger partial charge on any atom is 0.339 e. The second kappa shape index (κ2) is 13.7. The third-order valence-corrected chi connectivity index (χ3v) is 5.78. The van der Waals surface area contributed by atoms with Crippen molar-refractivity contribution >= 4 is 17.6 Å². The van der Waals surface area contributed by atoms with E-state index in [9.17, 15) is 20.1 Å². The first-order chi connectivity index (χ1) is 13.5. The highest BCUT2D eigenvalue weighted by Gasteiger charge is 2.26. The lowest BCUT2D eigenvalue weighted by atomic mass is 9.91. The zero-order valence-corrected chi connectivity index (χ0v) is 18.3. The lowest BCUT2D eigenvalue weighted by molar-refractivity contribution is 0.0691. The number of phenolic OH excluding ortho intramolecular Hbond substituents is 1. The van der Waals surface area contributed by atoms with Crippen LogP contribution < -0.4 is 0 Å². The maximum absolute atomic E-state index is 11.8. The van der Waals surface area contributed by atoms with Crippen molar-refractivity contribution in [2.24, 2.45) is 0 Å². The van der Waals surface area contributed by atoms with E-state index in [1.807, 2.05) is 0 Å². The molecule has 0 atom stereocenters. The Hall–Kier alpha value is -1.42.